The second-order valence-corrected chi connectivity index (χ2v) is 5.36. The molecule has 13 heavy (non-hydrogen) atoms. The SMILES string of the molecule is COC1(C)CCC(C(C)(C)C)OC1. The number of hydrogen-bond donors (Lipinski definition) is 0. The third kappa shape index (κ3) is 2.68. The predicted octanol–water partition coefficient (Wildman–Crippen LogP) is 2.62. The van der Waals surface area contributed by atoms with Gasteiger partial charge in [0.15, 0.2) is 0 Å². The Hall–Kier alpha value is -0.0800. The van der Waals surface area contributed by atoms with Crippen molar-refractivity contribution in [2.24, 2.45) is 5.41 Å². The molecule has 78 valence electrons. The maximum Gasteiger partial charge on any atom is 0.0884 e. The van der Waals surface area contributed by atoms with E-state index < -0.39 is 0 Å². The quantitative estimate of drug-likeness (QED) is 0.626. The van der Waals surface area contributed by atoms with Crippen molar-refractivity contribution in [3.63, 3.8) is 0 Å². The van der Waals surface area contributed by atoms with Gasteiger partial charge >= 0.3 is 0 Å². The summed E-state index contributed by atoms with van der Waals surface area (Å²) in [6.45, 7) is 9.53. The second kappa shape index (κ2) is 3.58. The highest BCUT2D eigenvalue weighted by Gasteiger charge is 2.36. The van der Waals surface area contributed by atoms with E-state index in [-0.39, 0.29) is 11.0 Å². The number of methoxy groups -OCH3 is 1. The maximum atomic E-state index is 5.82. The molecule has 0 N–H and O–H groups in total. The van der Waals surface area contributed by atoms with E-state index in [0.717, 1.165) is 19.4 Å². The Labute approximate surface area is 81.6 Å². The average Bonchev–Trinajstić information content (AvgIpc) is 2.04. The van der Waals surface area contributed by atoms with Crippen LogP contribution in [0.4, 0.5) is 0 Å². The Morgan fingerprint density at radius 1 is 1.38 bits per heavy atom. The zero-order chi connectivity index (χ0) is 10.1. The molecule has 0 saturated carbocycles. The van der Waals surface area contributed by atoms with Gasteiger partial charge in [0.1, 0.15) is 0 Å². The minimum absolute atomic E-state index is 0.0538. The number of hydrogen-bond acceptors (Lipinski definition) is 2. The highest BCUT2D eigenvalue weighted by Crippen LogP contribution is 2.34. The lowest BCUT2D eigenvalue weighted by molar-refractivity contribution is -0.152. The number of rotatable bonds is 1. The lowest BCUT2D eigenvalue weighted by Gasteiger charge is -2.41. The third-order valence-electron chi connectivity index (χ3n) is 2.98. The van der Waals surface area contributed by atoms with Crippen molar-refractivity contribution in [3.05, 3.63) is 0 Å². The summed E-state index contributed by atoms with van der Waals surface area (Å²) in [5, 5.41) is 0. The van der Waals surface area contributed by atoms with Crippen molar-refractivity contribution in [2.75, 3.05) is 13.7 Å². The van der Waals surface area contributed by atoms with Crippen LogP contribution in [0, 0.1) is 5.41 Å². The van der Waals surface area contributed by atoms with Crippen LogP contribution in [-0.4, -0.2) is 25.4 Å². The fraction of sp³-hybridized carbons (Fsp3) is 1.00. The first kappa shape index (κ1) is 11.0. The molecule has 0 aromatic heterocycles. The summed E-state index contributed by atoms with van der Waals surface area (Å²) in [6.07, 6.45) is 2.59. The summed E-state index contributed by atoms with van der Waals surface area (Å²) in [7, 11) is 1.76. The van der Waals surface area contributed by atoms with E-state index in [9.17, 15) is 0 Å². The highest BCUT2D eigenvalue weighted by atomic mass is 16.5. The van der Waals surface area contributed by atoms with Crippen LogP contribution < -0.4 is 0 Å². The van der Waals surface area contributed by atoms with Gasteiger partial charge in [-0.2, -0.15) is 0 Å². The van der Waals surface area contributed by atoms with Crippen LogP contribution in [0.5, 0.6) is 0 Å². The fourth-order valence-electron chi connectivity index (χ4n) is 1.71. The first-order valence-electron chi connectivity index (χ1n) is 5.04. The van der Waals surface area contributed by atoms with Gasteiger partial charge in [0, 0.05) is 7.11 Å². The molecule has 1 heterocycles. The van der Waals surface area contributed by atoms with E-state index in [0.29, 0.717) is 6.10 Å². The fourth-order valence-corrected chi connectivity index (χ4v) is 1.71. The molecule has 0 aromatic rings. The molecule has 1 aliphatic rings. The van der Waals surface area contributed by atoms with E-state index in [1.165, 1.54) is 0 Å². The normalized spacial score (nSPS) is 36.2. The molecule has 0 aliphatic carbocycles. The van der Waals surface area contributed by atoms with E-state index in [2.05, 4.69) is 27.7 Å². The molecule has 0 radical (unpaired) electrons. The van der Waals surface area contributed by atoms with Crippen LogP contribution >= 0.6 is 0 Å². The summed E-state index contributed by atoms with van der Waals surface area (Å²) in [4.78, 5) is 0. The van der Waals surface area contributed by atoms with Crippen molar-refractivity contribution < 1.29 is 9.47 Å². The Balaban J connectivity index is 2.48. The maximum absolute atomic E-state index is 5.82. The van der Waals surface area contributed by atoms with Crippen LogP contribution in [-0.2, 0) is 9.47 Å². The molecule has 2 nitrogen and oxygen atoms in total. The van der Waals surface area contributed by atoms with Gasteiger partial charge in [-0.25, -0.2) is 0 Å². The molecule has 1 saturated heterocycles. The second-order valence-electron chi connectivity index (χ2n) is 5.36. The van der Waals surface area contributed by atoms with Gasteiger partial charge in [-0.05, 0) is 25.2 Å². The van der Waals surface area contributed by atoms with Gasteiger partial charge in [-0.1, -0.05) is 20.8 Å². The Morgan fingerprint density at radius 2 is 2.00 bits per heavy atom. The zero-order valence-corrected chi connectivity index (χ0v) is 9.52. The molecule has 0 aromatic carbocycles. The van der Waals surface area contributed by atoms with Gasteiger partial charge in [-0.15, -0.1) is 0 Å². The van der Waals surface area contributed by atoms with Crippen molar-refractivity contribution in [2.45, 2.75) is 52.2 Å². The molecule has 0 spiro atoms. The molecular formula is C11H22O2. The predicted molar refractivity (Wildman–Crippen MR) is 53.8 cm³/mol. The van der Waals surface area contributed by atoms with Crippen LogP contribution in [0.1, 0.15) is 40.5 Å². The van der Waals surface area contributed by atoms with E-state index in [1.807, 2.05) is 0 Å². The van der Waals surface area contributed by atoms with Gasteiger partial charge in [-0.3, -0.25) is 0 Å². The summed E-state index contributed by atoms with van der Waals surface area (Å²) in [5.41, 5.74) is 0.205. The molecule has 1 aliphatic heterocycles. The first-order valence-corrected chi connectivity index (χ1v) is 5.04. The molecule has 1 rings (SSSR count). The largest absolute Gasteiger partial charge is 0.376 e. The Kier molecular flexibility index (Phi) is 3.03. The minimum atomic E-state index is -0.0538. The van der Waals surface area contributed by atoms with Crippen LogP contribution in [0.2, 0.25) is 0 Å². The molecule has 0 amide bonds. The third-order valence-corrected chi connectivity index (χ3v) is 2.98. The molecule has 1 fully saturated rings. The molecule has 2 heteroatoms. The van der Waals surface area contributed by atoms with E-state index >= 15 is 0 Å². The van der Waals surface area contributed by atoms with Crippen LogP contribution in [0.3, 0.4) is 0 Å². The minimum Gasteiger partial charge on any atom is -0.376 e. The summed E-state index contributed by atoms with van der Waals surface area (Å²) in [6, 6.07) is 0. The van der Waals surface area contributed by atoms with Gasteiger partial charge in [0.25, 0.3) is 0 Å². The van der Waals surface area contributed by atoms with Gasteiger partial charge in [0.05, 0.1) is 18.3 Å². The molecule has 0 bridgehead atoms. The Bertz CT molecular complexity index is 161. The van der Waals surface area contributed by atoms with Crippen molar-refractivity contribution >= 4 is 0 Å². The van der Waals surface area contributed by atoms with E-state index in [1.54, 1.807) is 7.11 Å². The molecular weight excluding hydrogens is 164 g/mol. The van der Waals surface area contributed by atoms with Crippen molar-refractivity contribution in [1.82, 2.24) is 0 Å². The summed E-state index contributed by atoms with van der Waals surface area (Å²) < 4.78 is 11.2. The monoisotopic (exact) mass is 186 g/mol. The van der Waals surface area contributed by atoms with Crippen molar-refractivity contribution in [1.29, 1.82) is 0 Å². The highest BCUT2D eigenvalue weighted by molar-refractivity contribution is 4.86. The van der Waals surface area contributed by atoms with Gasteiger partial charge in [0.2, 0.25) is 0 Å². The standard InChI is InChI=1S/C11H22O2/c1-10(2,3)9-6-7-11(4,12-5)8-13-9/h9H,6-8H2,1-5H3. The summed E-state index contributed by atoms with van der Waals surface area (Å²) >= 11 is 0. The molecule has 2 atom stereocenters. The van der Waals surface area contributed by atoms with E-state index in [4.69, 9.17) is 9.47 Å². The van der Waals surface area contributed by atoms with Crippen LogP contribution in [0.15, 0.2) is 0 Å². The Morgan fingerprint density at radius 3 is 2.31 bits per heavy atom. The first-order chi connectivity index (χ1) is 5.87. The smallest absolute Gasteiger partial charge is 0.0884 e. The zero-order valence-electron chi connectivity index (χ0n) is 9.52. The lowest BCUT2D eigenvalue weighted by Crippen LogP contribution is -2.44. The average molecular weight is 186 g/mol. The topological polar surface area (TPSA) is 18.5 Å². The van der Waals surface area contributed by atoms with Crippen molar-refractivity contribution in [3.8, 4) is 0 Å². The number of ether oxygens (including phenoxy) is 2. The molecule has 2 unspecified atom stereocenters. The van der Waals surface area contributed by atoms with Crippen LogP contribution in [0.25, 0.3) is 0 Å². The summed E-state index contributed by atoms with van der Waals surface area (Å²) in [5.74, 6) is 0. The van der Waals surface area contributed by atoms with Gasteiger partial charge < -0.3 is 9.47 Å². The lowest BCUT2D eigenvalue weighted by atomic mass is 9.82.